The molecule has 110 valence electrons. The highest BCUT2D eigenvalue weighted by molar-refractivity contribution is 6.32. The van der Waals surface area contributed by atoms with E-state index in [0.29, 0.717) is 16.5 Å². The molecule has 7 heteroatoms. The zero-order chi connectivity index (χ0) is 15.1. The van der Waals surface area contributed by atoms with E-state index in [2.05, 4.69) is 15.0 Å². The number of nitrogens with zero attached hydrogens (tertiary/aromatic N) is 1. The number of carbonyl (C=O) groups excluding carboxylic acids is 1. The van der Waals surface area contributed by atoms with Gasteiger partial charge in [-0.15, -0.1) is 0 Å². The van der Waals surface area contributed by atoms with Gasteiger partial charge in [0, 0.05) is 5.69 Å². The van der Waals surface area contributed by atoms with Crippen molar-refractivity contribution in [2.24, 2.45) is 16.6 Å². The predicted molar refractivity (Wildman–Crippen MR) is 79.3 cm³/mol. The van der Waals surface area contributed by atoms with Gasteiger partial charge >= 0.3 is 5.97 Å². The Morgan fingerprint density at radius 3 is 2.75 bits per heavy atom. The van der Waals surface area contributed by atoms with E-state index in [-0.39, 0.29) is 24.4 Å². The van der Waals surface area contributed by atoms with Gasteiger partial charge in [0.15, 0.2) is 5.96 Å². The predicted octanol–water partition coefficient (Wildman–Crippen LogP) is 1.88. The molecule has 1 rings (SSSR count). The second-order valence-electron chi connectivity index (χ2n) is 4.12. The maximum absolute atomic E-state index is 11.2. The van der Waals surface area contributed by atoms with E-state index in [9.17, 15) is 4.79 Å². The van der Waals surface area contributed by atoms with Crippen LogP contribution in [0.15, 0.2) is 23.2 Å². The van der Waals surface area contributed by atoms with Gasteiger partial charge in [-0.2, -0.15) is 0 Å². The highest BCUT2D eigenvalue weighted by Crippen LogP contribution is 2.26. The number of nitrogens with two attached hydrogens (primary N) is 1. The molecule has 0 aliphatic rings. The summed E-state index contributed by atoms with van der Waals surface area (Å²) >= 11 is 5.99. The molecular weight excluding hydrogens is 282 g/mol. The van der Waals surface area contributed by atoms with Gasteiger partial charge in [0.25, 0.3) is 0 Å². The summed E-state index contributed by atoms with van der Waals surface area (Å²) < 4.78 is 9.65. The molecule has 0 aromatic heterocycles. The lowest BCUT2D eigenvalue weighted by molar-refractivity contribution is -0.144. The molecule has 3 N–H and O–H groups in total. The number of halogens is 1. The minimum absolute atomic E-state index is 0.196. The smallest absolute Gasteiger partial charge is 0.310 e. The average molecular weight is 300 g/mol. The first kappa shape index (κ1) is 16.1. The van der Waals surface area contributed by atoms with E-state index in [0.717, 1.165) is 0 Å². The Hall–Kier alpha value is -1.95. The molecule has 1 aromatic rings. The maximum atomic E-state index is 11.2. The van der Waals surface area contributed by atoms with Gasteiger partial charge in [0.2, 0.25) is 0 Å². The monoisotopic (exact) mass is 299 g/mol. The molecule has 0 saturated heterocycles. The molecule has 0 bridgehead atoms. The number of guanidine groups is 1. The van der Waals surface area contributed by atoms with Crippen LogP contribution in [0.1, 0.15) is 6.92 Å². The van der Waals surface area contributed by atoms with Crippen LogP contribution in [0.25, 0.3) is 0 Å². The van der Waals surface area contributed by atoms with Crippen LogP contribution in [0, 0.1) is 5.92 Å². The number of ether oxygens (including phenoxy) is 2. The second kappa shape index (κ2) is 7.59. The number of aliphatic imine (C=N–C) groups is 1. The largest absolute Gasteiger partial charge is 0.495 e. The fourth-order valence-electron chi connectivity index (χ4n) is 1.44. The first-order chi connectivity index (χ1) is 9.47. The number of methoxy groups -OCH3 is 2. The lowest BCUT2D eigenvalue weighted by Gasteiger charge is -2.09. The minimum atomic E-state index is -0.347. The van der Waals surface area contributed by atoms with E-state index in [1.54, 1.807) is 32.2 Å². The maximum Gasteiger partial charge on any atom is 0.310 e. The number of carbonyl (C=O) groups is 1. The summed E-state index contributed by atoms with van der Waals surface area (Å²) in [6.07, 6.45) is 0. The fourth-order valence-corrected chi connectivity index (χ4v) is 1.70. The molecule has 0 heterocycles. The number of nitrogens with one attached hydrogen (secondary N) is 1. The van der Waals surface area contributed by atoms with Gasteiger partial charge in [-0.05, 0) is 18.2 Å². The number of benzene rings is 1. The Morgan fingerprint density at radius 1 is 1.50 bits per heavy atom. The molecular formula is C13H18ClN3O3. The van der Waals surface area contributed by atoms with Gasteiger partial charge in [-0.1, -0.05) is 18.5 Å². The first-order valence-corrected chi connectivity index (χ1v) is 6.34. The van der Waals surface area contributed by atoms with E-state index in [1.807, 2.05) is 0 Å². The van der Waals surface area contributed by atoms with Crippen molar-refractivity contribution in [1.82, 2.24) is 0 Å². The highest BCUT2D eigenvalue weighted by atomic mass is 35.5. The summed E-state index contributed by atoms with van der Waals surface area (Å²) in [5.41, 5.74) is 6.41. The van der Waals surface area contributed by atoms with E-state index < -0.39 is 0 Å². The number of hydrogen-bond donors (Lipinski definition) is 2. The van der Waals surface area contributed by atoms with Crippen LogP contribution in [0.2, 0.25) is 5.02 Å². The standard InChI is InChI=1S/C13H18ClN3O3/c1-8(12(18)20-3)7-16-13(15)17-9-4-5-11(19-2)10(14)6-9/h4-6,8H,7H2,1-3H3,(H3,15,16,17). The number of hydrogen-bond acceptors (Lipinski definition) is 4. The van der Waals surface area contributed by atoms with E-state index in [4.69, 9.17) is 22.1 Å². The molecule has 0 fully saturated rings. The summed E-state index contributed by atoms with van der Waals surface area (Å²) in [5, 5.41) is 3.35. The Kier molecular flexibility index (Phi) is 6.11. The van der Waals surface area contributed by atoms with Gasteiger partial charge in [-0.25, -0.2) is 0 Å². The van der Waals surface area contributed by atoms with Gasteiger partial charge in [-0.3, -0.25) is 9.79 Å². The van der Waals surface area contributed by atoms with Crippen LogP contribution in [0.5, 0.6) is 5.75 Å². The molecule has 1 unspecified atom stereocenters. The van der Waals surface area contributed by atoms with Crippen molar-refractivity contribution in [2.75, 3.05) is 26.1 Å². The molecule has 20 heavy (non-hydrogen) atoms. The SMILES string of the molecule is COC(=O)C(C)CN=C(N)Nc1ccc(OC)c(Cl)c1. The van der Waals surface area contributed by atoms with Gasteiger partial charge < -0.3 is 20.5 Å². The topological polar surface area (TPSA) is 85.9 Å². The molecule has 1 aromatic carbocycles. The average Bonchev–Trinajstić information content (AvgIpc) is 2.44. The van der Waals surface area contributed by atoms with Crippen molar-refractivity contribution in [3.63, 3.8) is 0 Å². The zero-order valence-corrected chi connectivity index (χ0v) is 12.4. The third kappa shape index (κ3) is 4.62. The van der Waals surface area contributed by atoms with Crippen molar-refractivity contribution in [3.05, 3.63) is 23.2 Å². The van der Waals surface area contributed by atoms with Crippen molar-refractivity contribution < 1.29 is 14.3 Å². The molecule has 0 amide bonds. The van der Waals surface area contributed by atoms with Crippen molar-refractivity contribution in [1.29, 1.82) is 0 Å². The molecule has 0 aliphatic carbocycles. The summed E-state index contributed by atoms with van der Waals surface area (Å²) in [7, 11) is 2.88. The van der Waals surface area contributed by atoms with Crippen LogP contribution in [-0.4, -0.2) is 32.7 Å². The van der Waals surface area contributed by atoms with Gasteiger partial charge in [0.05, 0.1) is 31.7 Å². The van der Waals surface area contributed by atoms with Gasteiger partial charge in [0.1, 0.15) is 5.75 Å². The quantitative estimate of drug-likeness (QED) is 0.492. The Bertz CT molecular complexity index is 506. The van der Waals surface area contributed by atoms with Crippen molar-refractivity contribution >= 4 is 29.2 Å². The lowest BCUT2D eigenvalue weighted by atomic mass is 10.2. The third-order valence-corrected chi connectivity index (χ3v) is 2.86. The Labute approximate surface area is 122 Å². The van der Waals surface area contributed by atoms with E-state index >= 15 is 0 Å². The highest BCUT2D eigenvalue weighted by Gasteiger charge is 2.12. The van der Waals surface area contributed by atoms with Crippen LogP contribution in [0.4, 0.5) is 5.69 Å². The minimum Gasteiger partial charge on any atom is -0.495 e. The lowest BCUT2D eigenvalue weighted by Crippen LogP contribution is -2.25. The van der Waals surface area contributed by atoms with Crippen molar-refractivity contribution in [3.8, 4) is 5.75 Å². The summed E-state index contributed by atoms with van der Waals surface area (Å²) in [6, 6.07) is 5.15. The summed E-state index contributed by atoms with van der Waals surface area (Å²) in [5.74, 6) is 0.0999. The molecule has 0 radical (unpaired) electrons. The molecule has 0 aliphatic heterocycles. The molecule has 0 saturated carbocycles. The normalized spacial score (nSPS) is 12.7. The first-order valence-electron chi connectivity index (χ1n) is 5.96. The number of esters is 1. The van der Waals surface area contributed by atoms with Crippen molar-refractivity contribution in [2.45, 2.75) is 6.92 Å². The van der Waals surface area contributed by atoms with Crippen LogP contribution in [0.3, 0.4) is 0 Å². The molecule has 6 nitrogen and oxygen atoms in total. The third-order valence-electron chi connectivity index (χ3n) is 2.56. The van der Waals surface area contributed by atoms with Crippen LogP contribution >= 0.6 is 11.6 Å². The molecule has 0 spiro atoms. The van der Waals surface area contributed by atoms with Crippen LogP contribution in [-0.2, 0) is 9.53 Å². The summed E-state index contributed by atoms with van der Waals surface area (Å²) in [6.45, 7) is 1.96. The van der Waals surface area contributed by atoms with Crippen LogP contribution < -0.4 is 15.8 Å². The fraction of sp³-hybridized carbons (Fsp3) is 0.385. The zero-order valence-electron chi connectivity index (χ0n) is 11.6. The Balaban J connectivity index is 2.63. The Morgan fingerprint density at radius 2 is 2.20 bits per heavy atom. The number of rotatable bonds is 5. The number of anilines is 1. The second-order valence-corrected chi connectivity index (χ2v) is 4.53. The summed E-state index contributed by atoms with van der Waals surface area (Å²) in [4.78, 5) is 15.3. The van der Waals surface area contributed by atoms with E-state index in [1.165, 1.54) is 7.11 Å². The molecule has 1 atom stereocenters.